The second kappa shape index (κ2) is 15.9. The van der Waals surface area contributed by atoms with Gasteiger partial charge >= 0.3 is 0 Å². The van der Waals surface area contributed by atoms with Crippen LogP contribution in [0.1, 0.15) is 44.6 Å². The van der Waals surface area contributed by atoms with Crippen LogP contribution in [0.15, 0.2) is 94.0 Å². The van der Waals surface area contributed by atoms with Gasteiger partial charge in [-0.15, -0.1) is 0 Å². The van der Waals surface area contributed by atoms with E-state index in [2.05, 4.69) is 36.3 Å². The molecule has 4 aromatic heterocycles. The fourth-order valence-corrected chi connectivity index (χ4v) is 6.07. The topological polar surface area (TPSA) is 192 Å². The Bertz CT molecular complexity index is 2650. The van der Waals surface area contributed by atoms with Crippen molar-refractivity contribution in [2.24, 2.45) is 0 Å². The lowest BCUT2D eigenvalue weighted by atomic mass is 10.1. The lowest BCUT2D eigenvalue weighted by Gasteiger charge is -2.11. The Hall–Kier alpha value is -6.46. The first kappa shape index (κ1) is 36.9. The number of rotatable bonds is 10. The van der Waals surface area contributed by atoms with Crippen LogP contribution >= 0.6 is 11.6 Å². The number of halogens is 1. The van der Waals surface area contributed by atoms with E-state index in [1.807, 2.05) is 82.3 Å². The van der Waals surface area contributed by atoms with E-state index in [0.717, 1.165) is 49.9 Å². The molecule has 0 amide bonds. The number of ether oxygens (including phenoxy) is 2. The molecule has 0 atom stereocenters. The summed E-state index contributed by atoms with van der Waals surface area (Å²) in [6.45, 7) is 7.62. The zero-order valence-electron chi connectivity index (χ0n) is 30.3. The van der Waals surface area contributed by atoms with E-state index in [0.29, 0.717) is 51.1 Å². The minimum atomic E-state index is -0.0475. The van der Waals surface area contributed by atoms with Gasteiger partial charge in [-0.05, 0) is 113 Å². The monoisotopic (exact) mass is 757 g/mol. The highest BCUT2D eigenvalue weighted by atomic mass is 35.5. The Kier molecular flexibility index (Phi) is 10.6. The van der Waals surface area contributed by atoms with Crippen molar-refractivity contribution >= 4 is 33.4 Å². The number of aromatic nitrogens is 6. The van der Waals surface area contributed by atoms with Crippen molar-refractivity contribution in [3.05, 3.63) is 107 Å². The van der Waals surface area contributed by atoms with E-state index in [-0.39, 0.29) is 25.4 Å². The van der Waals surface area contributed by atoms with Crippen molar-refractivity contribution in [3.63, 3.8) is 0 Å². The number of hydrogen-bond donors (Lipinski definition) is 4. The van der Waals surface area contributed by atoms with Crippen molar-refractivity contribution in [2.75, 3.05) is 0 Å². The summed E-state index contributed by atoms with van der Waals surface area (Å²) in [6.07, 6.45) is 0.0145. The predicted octanol–water partition coefficient (Wildman–Crippen LogP) is 8.85. The zero-order chi connectivity index (χ0) is 38.6. The minimum Gasteiger partial charge on any atom is -0.490 e. The van der Waals surface area contributed by atoms with Crippen molar-refractivity contribution in [1.82, 2.24) is 30.2 Å². The molecule has 278 valence electrons. The minimum absolute atomic E-state index is 0.0253. The van der Waals surface area contributed by atoms with E-state index in [1.165, 1.54) is 0 Å². The number of aliphatic hydroxyl groups excluding tert-OH is 2. The molecule has 0 bridgehead atoms. The third-order valence-electron chi connectivity index (χ3n) is 8.31. The Morgan fingerprint density at radius 3 is 1.60 bits per heavy atom. The largest absolute Gasteiger partial charge is 0.490 e. The first-order valence-electron chi connectivity index (χ1n) is 17.4. The summed E-state index contributed by atoms with van der Waals surface area (Å²) in [7, 11) is 0. The van der Waals surface area contributed by atoms with E-state index in [9.17, 15) is 15.5 Å². The normalized spacial score (nSPS) is 11.3. The molecule has 13 nitrogen and oxygen atoms in total. The predicted molar refractivity (Wildman–Crippen MR) is 207 cm³/mol. The molecule has 4 N–H and O–H groups in total. The quantitative estimate of drug-likeness (QED) is 0.104. The van der Waals surface area contributed by atoms with E-state index in [4.69, 9.17) is 30.1 Å². The third-order valence-corrected chi connectivity index (χ3v) is 8.61. The molecule has 0 aliphatic carbocycles. The number of benzene rings is 4. The maximum atomic E-state index is 9.39. The second-order valence-corrected chi connectivity index (χ2v) is 13.6. The molecule has 55 heavy (non-hydrogen) atoms. The van der Waals surface area contributed by atoms with Crippen molar-refractivity contribution in [2.45, 2.75) is 53.1 Å². The maximum Gasteiger partial charge on any atom is 0.258 e. The molecular weight excluding hydrogens is 722 g/mol. The number of nitrogens with zero attached hydrogens (tertiary/aromatic N) is 5. The van der Waals surface area contributed by atoms with Crippen LogP contribution in [0.5, 0.6) is 11.5 Å². The summed E-state index contributed by atoms with van der Waals surface area (Å²) in [5, 5.41) is 38.5. The van der Waals surface area contributed by atoms with Crippen LogP contribution in [0.2, 0.25) is 5.02 Å². The van der Waals surface area contributed by atoms with Crippen LogP contribution in [0.25, 0.3) is 67.5 Å². The molecule has 4 heterocycles. The van der Waals surface area contributed by atoms with Gasteiger partial charge < -0.3 is 38.7 Å². The van der Waals surface area contributed by atoms with Gasteiger partial charge in [0.2, 0.25) is 11.6 Å². The molecule has 0 spiro atoms. The number of aromatic amines is 2. The molecule has 0 fully saturated rings. The molecule has 0 aliphatic heterocycles. The second-order valence-electron chi connectivity index (χ2n) is 13.2. The highest BCUT2D eigenvalue weighted by Crippen LogP contribution is 2.33. The van der Waals surface area contributed by atoms with Crippen LogP contribution < -0.4 is 9.47 Å². The van der Waals surface area contributed by atoms with Gasteiger partial charge in [-0.2, -0.15) is 15.2 Å². The van der Waals surface area contributed by atoms with Gasteiger partial charge in [0, 0.05) is 55.4 Å². The average Bonchev–Trinajstić information content (AvgIpc) is 4.01. The number of nitriles is 1. The van der Waals surface area contributed by atoms with Crippen molar-refractivity contribution in [1.29, 1.82) is 5.26 Å². The van der Waals surface area contributed by atoms with Crippen LogP contribution in [-0.2, 0) is 13.2 Å². The highest BCUT2D eigenvalue weighted by molar-refractivity contribution is 6.32. The Labute approximate surface area is 320 Å². The lowest BCUT2D eigenvalue weighted by molar-refractivity contribution is 0.241. The summed E-state index contributed by atoms with van der Waals surface area (Å²) >= 11 is 6.29. The molecule has 14 heteroatoms. The van der Waals surface area contributed by atoms with Crippen molar-refractivity contribution in [3.8, 4) is 63.3 Å². The van der Waals surface area contributed by atoms with E-state index in [1.54, 1.807) is 30.3 Å². The van der Waals surface area contributed by atoms with Gasteiger partial charge in [-0.3, -0.25) is 0 Å². The summed E-state index contributed by atoms with van der Waals surface area (Å²) in [5.74, 6) is 2.79. The summed E-state index contributed by atoms with van der Waals surface area (Å²) < 4.78 is 22.1. The van der Waals surface area contributed by atoms with Gasteiger partial charge in [0.15, 0.2) is 0 Å². The number of aliphatic hydroxyl groups is 2. The van der Waals surface area contributed by atoms with E-state index < -0.39 is 0 Å². The maximum absolute atomic E-state index is 9.39. The third kappa shape index (κ3) is 8.22. The fourth-order valence-electron chi connectivity index (χ4n) is 5.84. The Morgan fingerprint density at radius 2 is 1.13 bits per heavy atom. The lowest BCUT2D eigenvalue weighted by Crippen LogP contribution is -2.06. The highest BCUT2D eigenvalue weighted by Gasteiger charge is 2.16. The van der Waals surface area contributed by atoms with Crippen LogP contribution in [-0.4, -0.2) is 52.7 Å². The first-order valence-corrected chi connectivity index (χ1v) is 17.8. The number of nitrogens with one attached hydrogen (secondary N) is 2. The van der Waals surface area contributed by atoms with Crippen molar-refractivity contribution < 1.29 is 28.7 Å². The summed E-state index contributed by atoms with van der Waals surface area (Å²) in [4.78, 5) is 15.2. The smallest absolute Gasteiger partial charge is 0.258 e. The van der Waals surface area contributed by atoms with Gasteiger partial charge in [0.1, 0.15) is 17.6 Å². The SMILES string of the molecule is CC(C)Oc1ccc(-c2nc(-c3ccc4[nH]c(CO)cc4c3)no2)cc1C#N.CC(C)Oc1ccc(-c2nc(-c3ccc4[nH]c(CO)cc4c3)no2)cc1Cl. The number of hydrogen-bond acceptors (Lipinski definition) is 11. The number of fused-ring (bicyclic) bond motifs is 2. The molecular formula is C41H36ClN7O6. The average molecular weight is 758 g/mol. The fraction of sp³-hybridized carbons (Fsp3) is 0.195. The number of H-pyrrole nitrogens is 2. The van der Waals surface area contributed by atoms with Crippen LogP contribution in [0.4, 0.5) is 0 Å². The summed E-state index contributed by atoms with van der Waals surface area (Å²) in [6, 6.07) is 28.0. The summed E-state index contributed by atoms with van der Waals surface area (Å²) in [5.41, 5.74) is 6.78. The Morgan fingerprint density at radius 1 is 0.655 bits per heavy atom. The molecule has 8 rings (SSSR count). The molecule has 0 saturated heterocycles. The van der Waals surface area contributed by atoms with Crippen LogP contribution in [0.3, 0.4) is 0 Å². The Balaban J connectivity index is 0.000000169. The molecule has 0 saturated carbocycles. The molecule has 8 aromatic rings. The molecule has 0 unspecified atom stereocenters. The zero-order valence-corrected chi connectivity index (χ0v) is 31.0. The van der Waals surface area contributed by atoms with Gasteiger partial charge in [0.25, 0.3) is 11.8 Å². The standard InChI is InChI=1S/C21H18N4O3.C20H18ClN3O3/c1-12(2)27-19-6-4-14(8-16(19)10-22)21-24-20(25-28-21)13-3-5-18-15(7-13)9-17(11-26)23-18;1-11(2)26-18-6-4-13(9-16(18)21)20-23-19(24-27-20)12-3-5-17-14(7-12)8-15(10-25)22-17/h3-9,12,23,26H,11H2,1-2H3;3-9,11,22,25H,10H2,1-2H3. The van der Waals surface area contributed by atoms with Gasteiger partial charge in [0.05, 0.1) is 36.0 Å². The van der Waals surface area contributed by atoms with Crippen LogP contribution in [0, 0.1) is 11.3 Å². The molecule has 0 radical (unpaired) electrons. The molecule has 0 aliphatic rings. The molecule has 4 aromatic carbocycles. The van der Waals surface area contributed by atoms with E-state index >= 15 is 0 Å². The first-order chi connectivity index (χ1) is 26.6. The van der Waals surface area contributed by atoms with Gasteiger partial charge in [-0.1, -0.05) is 21.9 Å². The van der Waals surface area contributed by atoms with Gasteiger partial charge in [-0.25, -0.2) is 0 Å².